The molecule has 1 atom stereocenters. The summed E-state index contributed by atoms with van der Waals surface area (Å²) in [4.78, 5) is 19.8. The highest BCUT2D eigenvalue weighted by molar-refractivity contribution is 9.10. The van der Waals surface area contributed by atoms with E-state index < -0.39 is 5.97 Å². The Morgan fingerprint density at radius 1 is 1.38 bits per heavy atom. The number of carboxylic acids is 1. The predicted octanol–water partition coefficient (Wildman–Crippen LogP) is 3.37. The minimum atomic E-state index is -0.761. The number of halogens is 1. The Morgan fingerprint density at radius 2 is 2.21 bits per heavy atom. The van der Waals surface area contributed by atoms with Gasteiger partial charge >= 0.3 is 5.97 Å². The van der Waals surface area contributed by atoms with Crippen LogP contribution in [0, 0.1) is 0 Å². The summed E-state index contributed by atoms with van der Waals surface area (Å²) >= 11 is 3.58. The average molecular weight is 392 g/mol. The number of pyridine rings is 1. The number of para-hydroxylation sites is 1. The van der Waals surface area contributed by atoms with Crippen molar-refractivity contribution in [2.75, 3.05) is 31.6 Å². The first-order valence-corrected chi connectivity index (χ1v) is 9.06. The van der Waals surface area contributed by atoms with E-state index >= 15 is 0 Å². The Balaban J connectivity index is 1.80. The van der Waals surface area contributed by atoms with E-state index in [1.165, 1.54) is 5.69 Å². The molecule has 1 aliphatic rings. The molecule has 2 heterocycles. The molecule has 1 aliphatic heterocycles. The van der Waals surface area contributed by atoms with Crippen LogP contribution in [0.25, 0.3) is 10.9 Å². The first-order valence-electron chi connectivity index (χ1n) is 8.26. The van der Waals surface area contributed by atoms with Crippen molar-refractivity contribution in [1.82, 2.24) is 9.88 Å². The van der Waals surface area contributed by atoms with Crippen LogP contribution in [0.5, 0.6) is 0 Å². The molecule has 1 N–H and O–H groups in total. The van der Waals surface area contributed by atoms with Gasteiger partial charge in [-0.25, -0.2) is 0 Å². The van der Waals surface area contributed by atoms with Gasteiger partial charge in [-0.15, -0.1) is 0 Å². The number of carbonyl (C=O) groups is 1. The van der Waals surface area contributed by atoms with Crippen molar-refractivity contribution < 1.29 is 9.90 Å². The lowest BCUT2D eigenvalue weighted by molar-refractivity contribution is -0.138. The number of fused-ring (bicyclic) bond motifs is 1. The van der Waals surface area contributed by atoms with Crippen LogP contribution in [0.1, 0.15) is 19.3 Å². The molecular formula is C18H22BrN3O2. The number of aliphatic carboxylic acids is 1. The maximum absolute atomic E-state index is 10.9. The first kappa shape index (κ1) is 17.2. The van der Waals surface area contributed by atoms with Crippen molar-refractivity contribution in [3.8, 4) is 0 Å². The van der Waals surface area contributed by atoms with Gasteiger partial charge in [0.1, 0.15) is 0 Å². The zero-order valence-electron chi connectivity index (χ0n) is 13.8. The summed E-state index contributed by atoms with van der Waals surface area (Å²) in [5.41, 5.74) is 2.20. The number of hydrogen-bond acceptors (Lipinski definition) is 4. The number of aromatic nitrogens is 1. The number of hydrogen-bond donors (Lipinski definition) is 1. The number of anilines is 1. The van der Waals surface area contributed by atoms with Gasteiger partial charge in [0.05, 0.1) is 12.1 Å². The van der Waals surface area contributed by atoms with Crippen LogP contribution in [-0.2, 0) is 4.79 Å². The minimum absolute atomic E-state index is 0.107. The van der Waals surface area contributed by atoms with Gasteiger partial charge in [0.25, 0.3) is 0 Å². The summed E-state index contributed by atoms with van der Waals surface area (Å²) < 4.78 is 1.01. The molecule has 0 bridgehead atoms. The van der Waals surface area contributed by atoms with Gasteiger partial charge in [0, 0.05) is 40.9 Å². The Hall–Kier alpha value is -1.66. The molecule has 0 spiro atoms. The molecule has 5 nitrogen and oxygen atoms in total. The van der Waals surface area contributed by atoms with E-state index in [0.29, 0.717) is 6.04 Å². The van der Waals surface area contributed by atoms with Gasteiger partial charge in [0.2, 0.25) is 0 Å². The molecule has 0 saturated carbocycles. The lowest BCUT2D eigenvalue weighted by atomic mass is 10.1. The van der Waals surface area contributed by atoms with E-state index in [1.807, 2.05) is 30.3 Å². The summed E-state index contributed by atoms with van der Waals surface area (Å²) in [7, 11) is 1.91. The zero-order chi connectivity index (χ0) is 17.1. The van der Waals surface area contributed by atoms with Crippen LogP contribution in [-0.4, -0.2) is 53.7 Å². The SMILES string of the molecule is CN(CC(=O)O)C1CCCN(c2ccnc3c(Br)cccc23)CC1. The van der Waals surface area contributed by atoms with Crippen molar-refractivity contribution in [3.05, 3.63) is 34.9 Å². The lowest BCUT2D eigenvalue weighted by Gasteiger charge is -2.27. The molecule has 24 heavy (non-hydrogen) atoms. The second-order valence-corrected chi connectivity index (χ2v) is 7.20. The van der Waals surface area contributed by atoms with E-state index in [9.17, 15) is 4.79 Å². The van der Waals surface area contributed by atoms with Crippen molar-refractivity contribution in [1.29, 1.82) is 0 Å². The van der Waals surface area contributed by atoms with E-state index in [2.05, 4.69) is 37.9 Å². The van der Waals surface area contributed by atoms with Crippen LogP contribution in [0.4, 0.5) is 5.69 Å². The quantitative estimate of drug-likeness (QED) is 0.865. The molecule has 0 aliphatic carbocycles. The molecule has 1 fully saturated rings. The van der Waals surface area contributed by atoms with E-state index in [1.54, 1.807) is 0 Å². The molecule has 1 saturated heterocycles. The second-order valence-electron chi connectivity index (χ2n) is 6.35. The number of rotatable bonds is 4. The fourth-order valence-electron chi connectivity index (χ4n) is 3.50. The van der Waals surface area contributed by atoms with Crippen LogP contribution in [0.3, 0.4) is 0 Å². The highest BCUT2D eigenvalue weighted by atomic mass is 79.9. The Morgan fingerprint density at radius 3 is 3.00 bits per heavy atom. The van der Waals surface area contributed by atoms with Crippen molar-refractivity contribution in [3.63, 3.8) is 0 Å². The normalized spacial score (nSPS) is 18.8. The predicted molar refractivity (Wildman–Crippen MR) is 99.6 cm³/mol. The third-order valence-electron chi connectivity index (χ3n) is 4.75. The molecule has 0 amide bonds. The fraction of sp³-hybridized carbons (Fsp3) is 0.444. The molecule has 1 aromatic carbocycles. The lowest BCUT2D eigenvalue weighted by Crippen LogP contribution is -2.36. The number of nitrogens with zero attached hydrogens (tertiary/aromatic N) is 3. The second kappa shape index (κ2) is 7.49. The highest BCUT2D eigenvalue weighted by Gasteiger charge is 2.22. The van der Waals surface area contributed by atoms with Crippen LogP contribution in [0.15, 0.2) is 34.9 Å². The van der Waals surface area contributed by atoms with Crippen LogP contribution >= 0.6 is 15.9 Å². The zero-order valence-corrected chi connectivity index (χ0v) is 15.4. The van der Waals surface area contributed by atoms with Gasteiger partial charge in [0.15, 0.2) is 0 Å². The molecule has 0 radical (unpaired) electrons. The maximum Gasteiger partial charge on any atom is 0.317 e. The van der Waals surface area contributed by atoms with Gasteiger partial charge in [-0.1, -0.05) is 12.1 Å². The Labute approximate surface area is 150 Å². The third kappa shape index (κ3) is 3.70. The topological polar surface area (TPSA) is 56.7 Å². The van der Waals surface area contributed by atoms with Crippen molar-refractivity contribution in [2.45, 2.75) is 25.3 Å². The van der Waals surface area contributed by atoms with Gasteiger partial charge in [-0.2, -0.15) is 0 Å². The van der Waals surface area contributed by atoms with E-state index in [0.717, 1.165) is 47.7 Å². The maximum atomic E-state index is 10.9. The number of carboxylic acid groups (broad SMARTS) is 1. The Bertz CT molecular complexity index is 737. The third-order valence-corrected chi connectivity index (χ3v) is 5.38. The first-order chi connectivity index (χ1) is 11.6. The number of likely N-dealkylation sites (N-methyl/N-ethyl adjacent to an activating group) is 1. The number of benzene rings is 1. The van der Waals surface area contributed by atoms with Crippen LogP contribution in [0.2, 0.25) is 0 Å². The van der Waals surface area contributed by atoms with Crippen molar-refractivity contribution >= 4 is 38.5 Å². The molecule has 1 aromatic heterocycles. The molecule has 128 valence electrons. The summed E-state index contributed by atoms with van der Waals surface area (Å²) in [6, 6.07) is 8.57. The van der Waals surface area contributed by atoms with Gasteiger partial charge < -0.3 is 10.0 Å². The summed E-state index contributed by atoms with van der Waals surface area (Å²) in [5, 5.41) is 10.2. The fourth-order valence-corrected chi connectivity index (χ4v) is 3.97. The monoisotopic (exact) mass is 391 g/mol. The summed E-state index contributed by atoms with van der Waals surface area (Å²) in [5.74, 6) is -0.761. The molecule has 2 aromatic rings. The smallest absolute Gasteiger partial charge is 0.317 e. The average Bonchev–Trinajstić information content (AvgIpc) is 2.80. The standard InChI is InChI=1S/C18H22BrN3O2/c1-21(12-17(23)24)13-4-3-10-22(11-8-13)16-7-9-20-18-14(16)5-2-6-15(18)19/h2,5-7,9,13H,3-4,8,10-12H2,1H3,(H,23,24). The minimum Gasteiger partial charge on any atom is -0.480 e. The molecule has 6 heteroatoms. The summed E-state index contributed by atoms with van der Waals surface area (Å²) in [6.45, 7) is 2.03. The van der Waals surface area contributed by atoms with Gasteiger partial charge in [-0.05, 0) is 54.4 Å². The Kier molecular flexibility index (Phi) is 5.36. The molecular weight excluding hydrogens is 370 g/mol. The van der Waals surface area contributed by atoms with E-state index in [4.69, 9.17) is 5.11 Å². The molecule has 3 rings (SSSR count). The van der Waals surface area contributed by atoms with E-state index in [-0.39, 0.29) is 6.54 Å². The molecule has 1 unspecified atom stereocenters. The largest absolute Gasteiger partial charge is 0.480 e. The van der Waals surface area contributed by atoms with Crippen LogP contribution < -0.4 is 4.90 Å². The summed E-state index contributed by atoms with van der Waals surface area (Å²) in [6.07, 6.45) is 4.93. The van der Waals surface area contributed by atoms with Gasteiger partial charge in [-0.3, -0.25) is 14.7 Å². The van der Waals surface area contributed by atoms with Crippen molar-refractivity contribution in [2.24, 2.45) is 0 Å². The highest BCUT2D eigenvalue weighted by Crippen LogP contribution is 2.31.